The van der Waals surface area contributed by atoms with Crippen LogP contribution in [0.25, 0.3) is 0 Å². The summed E-state index contributed by atoms with van der Waals surface area (Å²) < 4.78 is 4.18. The summed E-state index contributed by atoms with van der Waals surface area (Å²) in [6, 6.07) is 3.99. The molecule has 106 valence electrons. The predicted molar refractivity (Wildman–Crippen MR) is 80.9 cm³/mol. The SMILES string of the molecule is Cc1c(C)n(C)cc/c1=N/N=c1\ccn(C)c(C)c1C. The van der Waals surface area contributed by atoms with Crippen LogP contribution >= 0.6 is 0 Å². The van der Waals surface area contributed by atoms with Gasteiger partial charge in [-0.2, -0.15) is 10.2 Å². The molecule has 0 radical (unpaired) electrons. The van der Waals surface area contributed by atoms with Gasteiger partial charge in [0.05, 0.1) is 10.7 Å². The summed E-state index contributed by atoms with van der Waals surface area (Å²) in [5.41, 5.74) is 4.73. The van der Waals surface area contributed by atoms with Crippen LogP contribution in [0.15, 0.2) is 34.7 Å². The Bertz CT molecular complexity index is 709. The molecule has 2 heterocycles. The van der Waals surface area contributed by atoms with Crippen LogP contribution in [0.2, 0.25) is 0 Å². The summed E-state index contributed by atoms with van der Waals surface area (Å²) in [6.07, 6.45) is 4.03. The zero-order chi connectivity index (χ0) is 14.9. The second-order valence-electron chi connectivity index (χ2n) is 5.24. The minimum atomic E-state index is 0.922. The van der Waals surface area contributed by atoms with Crippen molar-refractivity contribution >= 4 is 0 Å². The van der Waals surface area contributed by atoms with Crippen molar-refractivity contribution in [3.8, 4) is 0 Å². The fraction of sp³-hybridized carbons (Fsp3) is 0.375. The Balaban J connectivity index is 2.61. The first-order valence-corrected chi connectivity index (χ1v) is 6.75. The second kappa shape index (κ2) is 5.49. The van der Waals surface area contributed by atoms with Crippen molar-refractivity contribution in [3.63, 3.8) is 0 Å². The zero-order valence-electron chi connectivity index (χ0n) is 13.1. The number of pyridine rings is 2. The van der Waals surface area contributed by atoms with Crippen LogP contribution in [0.5, 0.6) is 0 Å². The lowest BCUT2D eigenvalue weighted by molar-refractivity contribution is 0.825. The molecule has 4 heteroatoms. The van der Waals surface area contributed by atoms with Gasteiger partial charge in [-0.25, -0.2) is 0 Å². The lowest BCUT2D eigenvalue weighted by atomic mass is 10.2. The van der Waals surface area contributed by atoms with E-state index in [1.54, 1.807) is 0 Å². The number of hydrogen-bond donors (Lipinski definition) is 0. The Morgan fingerprint density at radius 3 is 1.40 bits per heavy atom. The van der Waals surface area contributed by atoms with Gasteiger partial charge in [0.1, 0.15) is 0 Å². The molecule has 0 amide bonds. The third-order valence-corrected chi connectivity index (χ3v) is 4.09. The number of aryl methyl sites for hydroxylation is 2. The highest BCUT2D eigenvalue weighted by molar-refractivity contribution is 5.18. The molecule has 0 unspecified atom stereocenters. The molecule has 0 saturated carbocycles. The normalized spacial score (nSPS) is 13.1. The van der Waals surface area contributed by atoms with Gasteiger partial charge < -0.3 is 9.13 Å². The summed E-state index contributed by atoms with van der Waals surface area (Å²) in [6.45, 7) is 8.33. The van der Waals surface area contributed by atoms with E-state index in [0.29, 0.717) is 0 Å². The van der Waals surface area contributed by atoms with E-state index >= 15 is 0 Å². The van der Waals surface area contributed by atoms with Gasteiger partial charge in [-0.15, -0.1) is 0 Å². The van der Waals surface area contributed by atoms with Crippen LogP contribution in [-0.4, -0.2) is 9.13 Å². The van der Waals surface area contributed by atoms with E-state index in [0.717, 1.165) is 21.8 Å². The fourth-order valence-electron chi connectivity index (χ4n) is 2.06. The van der Waals surface area contributed by atoms with Crippen molar-refractivity contribution in [2.24, 2.45) is 24.3 Å². The van der Waals surface area contributed by atoms with Crippen LogP contribution < -0.4 is 10.7 Å². The van der Waals surface area contributed by atoms with Crippen molar-refractivity contribution in [3.05, 3.63) is 57.8 Å². The van der Waals surface area contributed by atoms with Gasteiger partial charge in [0.25, 0.3) is 0 Å². The first kappa shape index (κ1) is 14.3. The molecule has 0 spiro atoms. The lowest BCUT2D eigenvalue weighted by Crippen LogP contribution is -2.15. The molecular weight excluding hydrogens is 248 g/mol. The highest BCUT2D eigenvalue weighted by Crippen LogP contribution is 2.00. The number of rotatable bonds is 1. The molecular formula is C16H22N4. The number of nitrogens with zero attached hydrogens (tertiary/aromatic N) is 4. The Labute approximate surface area is 119 Å². The molecule has 0 N–H and O–H groups in total. The maximum atomic E-state index is 4.41. The zero-order valence-corrected chi connectivity index (χ0v) is 13.1. The van der Waals surface area contributed by atoms with Crippen molar-refractivity contribution in [1.29, 1.82) is 0 Å². The Morgan fingerprint density at radius 1 is 0.700 bits per heavy atom. The van der Waals surface area contributed by atoms with Crippen LogP contribution in [-0.2, 0) is 14.1 Å². The monoisotopic (exact) mass is 270 g/mol. The number of hydrogen-bond acceptors (Lipinski definition) is 2. The molecule has 0 aromatic carbocycles. The van der Waals surface area contributed by atoms with Crippen LogP contribution in [0.1, 0.15) is 22.5 Å². The third-order valence-electron chi connectivity index (χ3n) is 4.09. The van der Waals surface area contributed by atoms with E-state index in [4.69, 9.17) is 0 Å². The van der Waals surface area contributed by atoms with E-state index in [2.05, 4.69) is 47.0 Å². The van der Waals surface area contributed by atoms with Gasteiger partial charge in [0, 0.05) is 37.9 Å². The van der Waals surface area contributed by atoms with E-state index < -0.39 is 0 Å². The summed E-state index contributed by atoms with van der Waals surface area (Å²) in [7, 11) is 4.07. The van der Waals surface area contributed by atoms with E-state index in [1.165, 1.54) is 11.4 Å². The van der Waals surface area contributed by atoms with Crippen molar-refractivity contribution in [2.75, 3.05) is 0 Å². The van der Waals surface area contributed by atoms with Crippen molar-refractivity contribution in [2.45, 2.75) is 27.7 Å². The largest absolute Gasteiger partial charge is 0.354 e. The quantitative estimate of drug-likeness (QED) is 0.711. The molecule has 0 saturated heterocycles. The Morgan fingerprint density at radius 2 is 1.05 bits per heavy atom. The summed E-state index contributed by atoms with van der Waals surface area (Å²) in [5, 5.41) is 10.7. The summed E-state index contributed by atoms with van der Waals surface area (Å²) in [4.78, 5) is 0. The molecule has 4 nitrogen and oxygen atoms in total. The highest BCUT2D eigenvalue weighted by Gasteiger charge is 1.99. The predicted octanol–water partition coefficient (Wildman–Crippen LogP) is 2.01. The van der Waals surface area contributed by atoms with Gasteiger partial charge in [-0.3, -0.25) is 0 Å². The molecule has 2 aromatic rings. The van der Waals surface area contributed by atoms with E-state index in [9.17, 15) is 0 Å². The van der Waals surface area contributed by atoms with Gasteiger partial charge in [-0.05, 0) is 51.0 Å². The Kier molecular flexibility index (Phi) is 3.93. The molecule has 20 heavy (non-hydrogen) atoms. The van der Waals surface area contributed by atoms with E-state index in [-0.39, 0.29) is 0 Å². The summed E-state index contributed by atoms with van der Waals surface area (Å²) in [5.74, 6) is 0. The number of aromatic nitrogens is 2. The molecule has 0 bridgehead atoms. The second-order valence-corrected chi connectivity index (χ2v) is 5.24. The van der Waals surface area contributed by atoms with Gasteiger partial charge in [-0.1, -0.05) is 0 Å². The molecule has 2 rings (SSSR count). The maximum absolute atomic E-state index is 4.41. The van der Waals surface area contributed by atoms with Gasteiger partial charge in [0.2, 0.25) is 0 Å². The van der Waals surface area contributed by atoms with Gasteiger partial charge >= 0.3 is 0 Å². The fourth-order valence-corrected chi connectivity index (χ4v) is 2.06. The molecule has 0 atom stereocenters. The Hall–Kier alpha value is -2.10. The van der Waals surface area contributed by atoms with Gasteiger partial charge in [0.15, 0.2) is 0 Å². The summed E-state index contributed by atoms with van der Waals surface area (Å²) >= 11 is 0. The molecule has 2 aromatic heterocycles. The maximum Gasteiger partial charge on any atom is 0.0918 e. The molecule has 0 aliphatic heterocycles. The van der Waals surface area contributed by atoms with Crippen molar-refractivity contribution in [1.82, 2.24) is 9.13 Å². The molecule has 0 fully saturated rings. The smallest absolute Gasteiger partial charge is 0.0918 e. The minimum absolute atomic E-state index is 0.922. The third kappa shape index (κ3) is 2.59. The van der Waals surface area contributed by atoms with Crippen molar-refractivity contribution < 1.29 is 0 Å². The first-order valence-electron chi connectivity index (χ1n) is 6.75. The van der Waals surface area contributed by atoms with Crippen LogP contribution in [0.4, 0.5) is 0 Å². The van der Waals surface area contributed by atoms with Crippen LogP contribution in [0, 0.1) is 27.7 Å². The highest BCUT2D eigenvalue weighted by atomic mass is 15.2. The minimum Gasteiger partial charge on any atom is -0.354 e. The standard InChI is InChI=1S/C16H22N4/c1-11-13(3)19(5)9-7-15(11)17-18-16-8-10-20(6)14(4)12(16)2/h7-10H,1-6H3/b17-15-,18-16+. The first-order chi connectivity index (χ1) is 9.41. The topological polar surface area (TPSA) is 34.6 Å². The van der Waals surface area contributed by atoms with E-state index in [1.807, 2.05) is 38.6 Å². The average molecular weight is 270 g/mol. The van der Waals surface area contributed by atoms with Crippen LogP contribution in [0.3, 0.4) is 0 Å². The lowest BCUT2D eigenvalue weighted by Gasteiger charge is -2.07. The average Bonchev–Trinajstić information content (AvgIpc) is 2.43. The molecule has 0 aliphatic rings. The molecule has 0 aliphatic carbocycles.